The number of halogens is 2. The molecule has 0 fully saturated rings. The van der Waals surface area contributed by atoms with Crippen molar-refractivity contribution in [3.05, 3.63) is 33.8 Å². The van der Waals surface area contributed by atoms with Gasteiger partial charge < -0.3 is 10.6 Å². The molecule has 0 heterocycles. The Balaban J connectivity index is 2.49. The van der Waals surface area contributed by atoms with Crippen LogP contribution >= 0.6 is 23.2 Å². The van der Waals surface area contributed by atoms with Crippen LogP contribution in [0.2, 0.25) is 10.0 Å². The average Bonchev–Trinajstić information content (AvgIpc) is 2.36. The first-order valence-electron chi connectivity index (χ1n) is 6.35. The summed E-state index contributed by atoms with van der Waals surface area (Å²) in [7, 11) is 0. The van der Waals surface area contributed by atoms with E-state index in [1.165, 1.54) is 0 Å². The van der Waals surface area contributed by atoms with Crippen molar-refractivity contribution >= 4 is 29.1 Å². The van der Waals surface area contributed by atoms with Gasteiger partial charge in [-0.2, -0.15) is 0 Å². The first-order chi connectivity index (χ1) is 8.90. The van der Waals surface area contributed by atoms with Gasteiger partial charge in [0.15, 0.2) is 0 Å². The first-order valence-corrected chi connectivity index (χ1v) is 7.10. The third kappa shape index (κ3) is 5.81. The van der Waals surface area contributed by atoms with Gasteiger partial charge in [0.2, 0.25) is 5.91 Å². The molecule has 3 nitrogen and oxygen atoms in total. The van der Waals surface area contributed by atoms with Gasteiger partial charge in [0.1, 0.15) is 0 Å². The van der Waals surface area contributed by atoms with Crippen LogP contribution in [-0.4, -0.2) is 19.0 Å². The van der Waals surface area contributed by atoms with Crippen molar-refractivity contribution in [1.82, 2.24) is 10.6 Å². The largest absolute Gasteiger partial charge is 0.355 e. The van der Waals surface area contributed by atoms with Crippen molar-refractivity contribution in [1.29, 1.82) is 0 Å². The minimum atomic E-state index is -0.0315. The van der Waals surface area contributed by atoms with E-state index < -0.39 is 0 Å². The zero-order chi connectivity index (χ0) is 14.4. The van der Waals surface area contributed by atoms with Crippen LogP contribution in [0, 0.1) is 5.92 Å². The Hall–Kier alpha value is -0.770. The van der Waals surface area contributed by atoms with Crippen LogP contribution in [0.25, 0.3) is 0 Å². The van der Waals surface area contributed by atoms with Crippen LogP contribution in [0.4, 0.5) is 0 Å². The van der Waals surface area contributed by atoms with Gasteiger partial charge in [0, 0.05) is 22.6 Å². The highest BCUT2D eigenvalue weighted by Crippen LogP contribution is 2.25. The molecule has 0 saturated carbocycles. The highest BCUT2D eigenvalue weighted by molar-refractivity contribution is 6.33. The van der Waals surface area contributed by atoms with E-state index in [2.05, 4.69) is 24.5 Å². The predicted molar refractivity (Wildman–Crippen MR) is 80.7 cm³/mol. The lowest BCUT2D eigenvalue weighted by Gasteiger charge is -2.16. The lowest BCUT2D eigenvalue weighted by Crippen LogP contribution is -2.36. The molecule has 19 heavy (non-hydrogen) atoms. The number of hydrogen-bond donors (Lipinski definition) is 2. The summed E-state index contributed by atoms with van der Waals surface area (Å²) >= 11 is 12.1. The van der Waals surface area contributed by atoms with E-state index in [0.717, 1.165) is 5.56 Å². The Kier molecular flexibility index (Phi) is 6.63. The molecule has 1 atom stereocenters. The zero-order valence-electron chi connectivity index (χ0n) is 11.5. The monoisotopic (exact) mass is 302 g/mol. The minimum absolute atomic E-state index is 0.0151. The van der Waals surface area contributed by atoms with Gasteiger partial charge in [-0.1, -0.05) is 37.0 Å². The Morgan fingerprint density at radius 1 is 1.26 bits per heavy atom. The summed E-state index contributed by atoms with van der Waals surface area (Å²) in [6.45, 7) is 7.01. The Labute approximate surface area is 124 Å². The smallest absolute Gasteiger partial charge is 0.233 e. The Morgan fingerprint density at radius 3 is 2.58 bits per heavy atom. The van der Waals surface area contributed by atoms with E-state index in [4.69, 9.17) is 23.2 Å². The van der Waals surface area contributed by atoms with Crippen LogP contribution in [0.1, 0.15) is 32.4 Å². The summed E-state index contributed by atoms with van der Waals surface area (Å²) in [6, 6.07) is 5.29. The van der Waals surface area contributed by atoms with Gasteiger partial charge in [-0.3, -0.25) is 4.79 Å². The van der Waals surface area contributed by atoms with Crippen molar-refractivity contribution in [3.63, 3.8) is 0 Å². The standard InChI is InChI=1S/C14H20Cl2N2O/c1-9(2)7-18-14(19)8-17-10(3)12-6-11(15)4-5-13(12)16/h4-6,9-10,17H,7-8H2,1-3H3,(H,18,19). The molecule has 0 bridgehead atoms. The van der Waals surface area contributed by atoms with Gasteiger partial charge in [0.25, 0.3) is 0 Å². The fourth-order valence-electron chi connectivity index (χ4n) is 1.58. The molecular formula is C14H20Cl2N2O. The molecule has 0 aliphatic rings. The molecule has 1 unspecified atom stereocenters. The Bertz CT molecular complexity index is 435. The molecule has 0 spiro atoms. The molecule has 106 valence electrons. The number of carbonyl (C=O) groups excluding carboxylic acids is 1. The minimum Gasteiger partial charge on any atom is -0.355 e. The maximum Gasteiger partial charge on any atom is 0.233 e. The van der Waals surface area contributed by atoms with Crippen molar-refractivity contribution in [2.45, 2.75) is 26.8 Å². The summed E-state index contributed by atoms with van der Waals surface area (Å²) < 4.78 is 0. The molecule has 0 radical (unpaired) electrons. The van der Waals surface area contributed by atoms with Crippen molar-refractivity contribution < 1.29 is 4.79 Å². The number of benzene rings is 1. The lowest BCUT2D eigenvalue weighted by molar-refractivity contribution is -0.120. The summed E-state index contributed by atoms with van der Waals surface area (Å²) in [5.41, 5.74) is 0.894. The number of rotatable bonds is 6. The highest BCUT2D eigenvalue weighted by Gasteiger charge is 2.11. The third-order valence-electron chi connectivity index (χ3n) is 2.70. The normalized spacial score (nSPS) is 12.5. The summed E-state index contributed by atoms with van der Waals surface area (Å²) in [5, 5.41) is 7.27. The lowest BCUT2D eigenvalue weighted by atomic mass is 10.1. The first kappa shape index (κ1) is 16.3. The fourth-order valence-corrected chi connectivity index (χ4v) is 2.04. The van der Waals surface area contributed by atoms with Crippen molar-refractivity contribution in [3.8, 4) is 0 Å². The van der Waals surface area contributed by atoms with E-state index >= 15 is 0 Å². The molecule has 0 aliphatic carbocycles. The summed E-state index contributed by atoms with van der Waals surface area (Å²) in [5.74, 6) is 0.433. The second kappa shape index (κ2) is 7.73. The summed E-state index contributed by atoms with van der Waals surface area (Å²) in [6.07, 6.45) is 0. The second-order valence-electron chi connectivity index (χ2n) is 4.97. The molecule has 0 saturated heterocycles. The fraction of sp³-hybridized carbons (Fsp3) is 0.500. The highest BCUT2D eigenvalue weighted by atomic mass is 35.5. The molecule has 0 aliphatic heterocycles. The van der Waals surface area contributed by atoms with E-state index in [9.17, 15) is 4.79 Å². The molecule has 5 heteroatoms. The molecule has 1 aromatic rings. The Morgan fingerprint density at radius 2 is 1.95 bits per heavy atom. The zero-order valence-corrected chi connectivity index (χ0v) is 13.0. The maximum absolute atomic E-state index is 11.6. The van der Waals surface area contributed by atoms with Crippen LogP contribution in [0.15, 0.2) is 18.2 Å². The van der Waals surface area contributed by atoms with E-state index in [1.54, 1.807) is 12.1 Å². The molecular weight excluding hydrogens is 283 g/mol. The van der Waals surface area contributed by atoms with E-state index in [-0.39, 0.29) is 18.5 Å². The molecule has 2 N–H and O–H groups in total. The van der Waals surface area contributed by atoms with Gasteiger partial charge in [-0.15, -0.1) is 0 Å². The van der Waals surface area contributed by atoms with Gasteiger partial charge in [-0.05, 0) is 36.6 Å². The third-order valence-corrected chi connectivity index (χ3v) is 3.28. The van der Waals surface area contributed by atoms with Crippen molar-refractivity contribution in [2.75, 3.05) is 13.1 Å². The molecule has 1 rings (SSSR count). The predicted octanol–water partition coefficient (Wildman–Crippen LogP) is 3.42. The summed E-state index contributed by atoms with van der Waals surface area (Å²) in [4.78, 5) is 11.6. The second-order valence-corrected chi connectivity index (χ2v) is 5.81. The number of nitrogens with one attached hydrogen (secondary N) is 2. The SMILES string of the molecule is CC(C)CNC(=O)CNC(C)c1cc(Cl)ccc1Cl. The molecule has 1 aromatic carbocycles. The average molecular weight is 303 g/mol. The van der Waals surface area contributed by atoms with Crippen LogP contribution < -0.4 is 10.6 Å². The quantitative estimate of drug-likeness (QED) is 0.845. The van der Waals surface area contributed by atoms with Crippen LogP contribution in [-0.2, 0) is 4.79 Å². The van der Waals surface area contributed by atoms with E-state index in [1.807, 2.05) is 13.0 Å². The van der Waals surface area contributed by atoms with Crippen molar-refractivity contribution in [2.24, 2.45) is 5.92 Å². The number of amides is 1. The molecule has 0 aromatic heterocycles. The van der Waals surface area contributed by atoms with Gasteiger partial charge in [0.05, 0.1) is 6.54 Å². The number of hydrogen-bond acceptors (Lipinski definition) is 2. The topological polar surface area (TPSA) is 41.1 Å². The maximum atomic E-state index is 11.6. The van der Waals surface area contributed by atoms with Crippen LogP contribution in [0.5, 0.6) is 0 Å². The van der Waals surface area contributed by atoms with Gasteiger partial charge in [-0.25, -0.2) is 0 Å². The number of carbonyl (C=O) groups is 1. The molecule has 1 amide bonds. The van der Waals surface area contributed by atoms with Gasteiger partial charge >= 0.3 is 0 Å². The van der Waals surface area contributed by atoms with Crippen LogP contribution in [0.3, 0.4) is 0 Å². The van der Waals surface area contributed by atoms with E-state index in [0.29, 0.717) is 22.5 Å².